The summed E-state index contributed by atoms with van der Waals surface area (Å²) in [5.74, 6) is 0. The average molecular weight is 373 g/mol. The van der Waals surface area contributed by atoms with Gasteiger partial charge in [0.05, 0.1) is 0 Å². The minimum atomic E-state index is -2.03. The van der Waals surface area contributed by atoms with E-state index in [1.165, 1.54) is 76.2 Å². The predicted octanol–water partition coefficient (Wildman–Crippen LogP) is 5.71. The van der Waals surface area contributed by atoms with Crippen LogP contribution in [0, 0.1) is 6.07 Å². The standard InChI is InChI=1S/C18H29.Mo.2O/c1-2-3-4-5-6-7-8-9-10-12-15-18-16-13-11-14-17-18;;;/h11,13-14,16H,2-10,12,15H2,1H3;;;/q-1;;;. The van der Waals surface area contributed by atoms with Crippen molar-refractivity contribution < 1.29 is 25.3 Å². The van der Waals surface area contributed by atoms with Crippen molar-refractivity contribution in [3.63, 3.8) is 0 Å². The van der Waals surface area contributed by atoms with E-state index in [2.05, 4.69) is 25.1 Å². The first kappa shape index (κ1) is 20.5. The number of unbranched alkanes of at least 4 members (excludes halogenated alkanes) is 9. The first-order chi connectivity index (χ1) is 10.3. The van der Waals surface area contributed by atoms with Crippen LogP contribution >= 0.6 is 0 Å². The van der Waals surface area contributed by atoms with Crippen molar-refractivity contribution in [2.24, 2.45) is 0 Å². The molecule has 0 radical (unpaired) electrons. The summed E-state index contributed by atoms with van der Waals surface area (Å²) in [4.78, 5) is 0. The Morgan fingerprint density at radius 1 is 0.857 bits per heavy atom. The van der Waals surface area contributed by atoms with E-state index in [1.807, 2.05) is 12.1 Å². The third kappa shape index (κ3) is 15.7. The molecule has 0 aliphatic rings. The van der Waals surface area contributed by atoms with E-state index in [-0.39, 0.29) is 0 Å². The average Bonchev–Trinajstić information content (AvgIpc) is 2.51. The topological polar surface area (TPSA) is 34.1 Å². The number of aryl methyl sites for hydroxylation is 1. The molecule has 0 spiro atoms. The fourth-order valence-corrected chi connectivity index (χ4v) is 2.39. The second-order valence-corrected chi connectivity index (χ2v) is 5.72. The van der Waals surface area contributed by atoms with Crippen molar-refractivity contribution in [2.75, 3.05) is 0 Å². The van der Waals surface area contributed by atoms with E-state index < -0.39 is 18.5 Å². The molecule has 0 heterocycles. The molecule has 0 aliphatic carbocycles. The second-order valence-electron chi connectivity index (χ2n) is 5.39. The van der Waals surface area contributed by atoms with Crippen LogP contribution in [-0.2, 0) is 31.7 Å². The Kier molecular flexibility index (Phi) is 17.1. The number of benzene rings is 1. The van der Waals surface area contributed by atoms with Gasteiger partial charge in [-0.25, -0.2) is 0 Å². The van der Waals surface area contributed by atoms with Gasteiger partial charge in [0.1, 0.15) is 0 Å². The summed E-state index contributed by atoms with van der Waals surface area (Å²) >= 11 is -2.03. The van der Waals surface area contributed by atoms with Crippen molar-refractivity contribution in [1.29, 1.82) is 0 Å². The molecule has 2 nitrogen and oxygen atoms in total. The second kappa shape index (κ2) is 17.6. The summed E-state index contributed by atoms with van der Waals surface area (Å²) in [7, 11) is 0. The van der Waals surface area contributed by atoms with Gasteiger partial charge in [-0.05, 0) is 0 Å². The zero-order valence-electron chi connectivity index (χ0n) is 13.3. The Morgan fingerprint density at radius 3 is 1.86 bits per heavy atom. The van der Waals surface area contributed by atoms with Crippen molar-refractivity contribution >= 4 is 0 Å². The Balaban J connectivity index is 0.00000122. The van der Waals surface area contributed by atoms with Crippen LogP contribution < -0.4 is 0 Å². The van der Waals surface area contributed by atoms with Gasteiger partial charge in [-0.15, -0.1) is 0 Å². The Labute approximate surface area is 138 Å². The first-order valence-electron chi connectivity index (χ1n) is 8.22. The van der Waals surface area contributed by atoms with Crippen LogP contribution in [-0.4, -0.2) is 0 Å². The van der Waals surface area contributed by atoms with Crippen LogP contribution in [0.2, 0.25) is 0 Å². The fourth-order valence-electron chi connectivity index (χ4n) is 2.39. The van der Waals surface area contributed by atoms with Crippen LogP contribution in [0.25, 0.3) is 0 Å². The summed E-state index contributed by atoms with van der Waals surface area (Å²) in [5.41, 5.74) is 1.37. The number of hydrogen-bond donors (Lipinski definition) is 0. The maximum atomic E-state index is 8.50. The van der Waals surface area contributed by atoms with Crippen molar-refractivity contribution in [3.05, 3.63) is 35.9 Å². The SMILES string of the molecule is CCCCCCCCCCCCc1[c-]cccc1.[O]=[Mo]=[O]. The van der Waals surface area contributed by atoms with Gasteiger partial charge in [0.15, 0.2) is 0 Å². The molecule has 0 aliphatic heterocycles. The van der Waals surface area contributed by atoms with Gasteiger partial charge in [-0.1, -0.05) is 77.6 Å². The summed E-state index contributed by atoms with van der Waals surface area (Å²) in [6, 6.07) is 11.7. The van der Waals surface area contributed by atoms with Crippen LogP contribution in [0.3, 0.4) is 0 Å². The molecule has 0 bridgehead atoms. The number of rotatable bonds is 11. The Hall–Kier alpha value is -0.492. The van der Waals surface area contributed by atoms with E-state index in [4.69, 9.17) is 6.80 Å². The zero-order chi connectivity index (χ0) is 15.6. The zero-order valence-corrected chi connectivity index (χ0v) is 15.3. The van der Waals surface area contributed by atoms with E-state index in [0.717, 1.165) is 0 Å². The van der Waals surface area contributed by atoms with Crippen LogP contribution in [0.4, 0.5) is 0 Å². The summed E-state index contributed by atoms with van der Waals surface area (Å²) in [6.07, 6.45) is 15.3. The molecular formula is C18H29MoO2-. The monoisotopic (exact) mass is 375 g/mol. The summed E-state index contributed by atoms with van der Waals surface area (Å²) < 4.78 is 17.0. The molecule has 1 aromatic rings. The fraction of sp³-hybridized carbons (Fsp3) is 0.667. The van der Waals surface area contributed by atoms with Crippen molar-refractivity contribution in [1.82, 2.24) is 0 Å². The molecule has 0 fully saturated rings. The molecule has 0 saturated carbocycles. The molecule has 0 atom stereocenters. The van der Waals surface area contributed by atoms with E-state index in [1.54, 1.807) is 0 Å². The quantitative estimate of drug-likeness (QED) is 0.283. The van der Waals surface area contributed by atoms with E-state index >= 15 is 0 Å². The van der Waals surface area contributed by atoms with Crippen LogP contribution in [0.5, 0.6) is 0 Å². The molecule has 1 rings (SSSR count). The molecule has 1 aromatic carbocycles. The van der Waals surface area contributed by atoms with Crippen molar-refractivity contribution in [2.45, 2.75) is 77.6 Å². The van der Waals surface area contributed by atoms with Crippen LogP contribution in [0.1, 0.15) is 76.7 Å². The minimum absolute atomic E-state index is 1.21. The van der Waals surface area contributed by atoms with Gasteiger partial charge in [0, 0.05) is 0 Å². The van der Waals surface area contributed by atoms with Gasteiger partial charge < -0.3 is 0 Å². The Morgan fingerprint density at radius 2 is 1.38 bits per heavy atom. The third-order valence-corrected chi connectivity index (χ3v) is 3.57. The molecule has 0 amide bonds. The molecule has 0 aromatic heterocycles. The molecule has 0 unspecified atom stereocenters. The third-order valence-electron chi connectivity index (χ3n) is 3.57. The van der Waals surface area contributed by atoms with Gasteiger partial charge >= 0.3 is 25.3 Å². The first-order valence-corrected chi connectivity index (χ1v) is 9.86. The van der Waals surface area contributed by atoms with E-state index in [0.29, 0.717) is 0 Å². The molecule has 21 heavy (non-hydrogen) atoms. The van der Waals surface area contributed by atoms with Gasteiger partial charge in [-0.3, -0.25) is 0 Å². The van der Waals surface area contributed by atoms with Crippen molar-refractivity contribution in [3.8, 4) is 0 Å². The molecule has 0 saturated heterocycles. The van der Waals surface area contributed by atoms with Gasteiger partial charge in [0.2, 0.25) is 0 Å². The van der Waals surface area contributed by atoms with Crippen LogP contribution in [0.15, 0.2) is 24.3 Å². The van der Waals surface area contributed by atoms with Gasteiger partial charge in [-0.2, -0.15) is 35.9 Å². The summed E-state index contributed by atoms with van der Waals surface area (Å²) in [5, 5.41) is 0. The summed E-state index contributed by atoms with van der Waals surface area (Å²) in [6.45, 7) is 2.28. The maximum absolute atomic E-state index is 8.50. The van der Waals surface area contributed by atoms with E-state index in [9.17, 15) is 0 Å². The predicted molar refractivity (Wildman–Crippen MR) is 82.2 cm³/mol. The molecule has 0 N–H and O–H groups in total. The van der Waals surface area contributed by atoms with Gasteiger partial charge in [0.25, 0.3) is 0 Å². The molecule has 3 heteroatoms. The Bertz CT molecular complexity index is 345. The number of hydrogen-bond acceptors (Lipinski definition) is 2. The normalized spacial score (nSPS) is 9.76. The molecular weight excluding hydrogens is 344 g/mol. The molecule has 120 valence electrons.